The van der Waals surface area contributed by atoms with Gasteiger partial charge in [0.1, 0.15) is 38.8 Å². The van der Waals surface area contributed by atoms with E-state index in [9.17, 15) is 18.0 Å². The topological polar surface area (TPSA) is 85.6 Å². The van der Waals surface area contributed by atoms with E-state index in [1.807, 2.05) is 6.92 Å². The Hall–Kier alpha value is -3.73. The van der Waals surface area contributed by atoms with E-state index in [2.05, 4.69) is 15.6 Å². The first-order chi connectivity index (χ1) is 16.2. The molecule has 3 aromatic heterocycles. The third-order valence-electron chi connectivity index (χ3n) is 5.63. The van der Waals surface area contributed by atoms with E-state index in [1.165, 1.54) is 13.4 Å². The number of pyridine rings is 1. The highest BCUT2D eigenvalue weighted by atomic mass is 32.1. The fraction of sp³-hybridized carbons (Fsp3) is 0.217. The Balaban J connectivity index is 1.70. The molecule has 0 spiro atoms. The van der Waals surface area contributed by atoms with Crippen LogP contribution in [0.4, 0.5) is 18.9 Å². The van der Waals surface area contributed by atoms with Crippen LogP contribution in [0.1, 0.15) is 32.7 Å². The molecule has 1 atom stereocenters. The number of hydrogen-bond donors (Lipinski definition) is 2. The van der Waals surface area contributed by atoms with Crippen molar-refractivity contribution in [2.45, 2.75) is 19.3 Å². The van der Waals surface area contributed by atoms with E-state index >= 15 is 0 Å². The van der Waals surface area contributed by atoms with Crippen molar-refractivity contribution in [3.05, 3.63) is 58.3 Å². The third-order valence-corrected chi connectivity index (χ3v) is 6.71. The maximum absolute atomic E-state index is 13.6. The minimum absolute atomic E-state index is 0.0763. The Morgan fingerprint density at radius 3 is 2.59 bits per heavy atom. The second-order valence-corrected chi connectivity index (χ2v) is 8.58. The summed E-state index contributed by atoms with van der Waals surface area (Å²) in [6, 6.07) is 7.61. The number of fused-ring (bicyclic) bond motifs is 3. The summed E-state index contributed by atoms with van der Waals surface area (Å²) < 4.78 is 57.0. The zero-order valence-corrected chi connectivity index (χ0v) is 19.0. The van der Waals surface area contributed by atoms with Crippen LogP contribution in [0.5, 0.6) is 11.5 Å². The lowest BCUT2D eigenvalue weighted by Crippen LogP contribution is -2.37. The molecule has 7 nitrogen and oxygen atoms in total. The Morgan fingerprint density at radius 1 is 1.15 bits per heavy atom. The maximum atomic E-state index is 13.6. The molecule has 4 heterocycles. The monoisotopic (exact) mass is 489 g/mol. The molecule has 5 rings (SSSR count). The minimum atomic E-state index is -4.66. The number of aromatic nitrogens is 1. The van der Waals surface area contributed by atoms with Crippen LogP contribution in [0.2, 0.25) is 0 Å². The van der Waals surface area contributed by atoms with Crippen molar-refractivity contribution in [3.63, 3.8) is 0 Å². The van der Waals surface area contributed by atoms with Gasteiger partial charge in [0.05, 0.1) is 26.2 Å². The van der Waals surface area contributed by atoms with E-state index in [0.29, 0.717) is 28.1 Å². The van der Waals surface area contributed by atoms with Crippen molar-refractivity contribution in [1.29, 1.82) is 0 Å². The van der Waals surface area contributed by atoms with Crippen LogP contribution in [0, 0.1) is 6.92 Å². The number of benzene rings is 1. The number of rotatable bonds is 4. The smallest absolute Gasteiger partial charge is 0.433 e. The van der Waals surface area contributed by atoms with Crippen LogP contribution in [0.3, 0.4) is 0 Å². The molecule has 176 valence electrons. The van der Waals surface area contributed by atoms with Gasteiger partial charge in [-0.1, -0.05) is 0 Å². The second kappa shape index (κ2) is 7.94. The summed E-state index contributed by atoms with van der Waals surface area (Å²) in [5, 5.41) is 6.50. The van der Waals surface area contributed by atoms with Crippen LogP contribution in [0.15, 0.2) is 41.0 Å². The van der Waals surface area contributed by atoms with Crippen molar-refractivity contribution in [2.75, 3.05) is 19.5 Å². The molecular formula is C23H18F3N3O4S. The van der Waals surface area contributed by atoms with E-state index in [-0.39, 0.29) is 21.0 Å². The first-order valence-electron chi connectivity index (χ1n) is 10.1. The van der Waals surface area contributed by atoms with E-state index in [1.54, 1.807) is 31.4 Å². The number of carbonyl (C=O) groups is 1. The van der Waals surface area contributed by atoms with Crippen molar-refractivity contribution in [1.82, 2.24) is 10.3 Å². The minimum Gasteiger partial charge on any atom is -0.496 e. The van der Waals surface area contributed by atoms with Crippen LogP contribution in [-0.2, 0) is 6.18 Å². The van der Waals surface area contributed by atoms with Crippen molar-refractivity contribution < 1.29 is 31.9 Å². The molecule has 1 amide bonds. The number of amides is 1. The van der Waals surface area contributed by atoms with Crippen molar-refractivity contribution in [2.24, 2.45) is 0 Å². The van der Waals surface area contributed by atoms with Gasteiger partial charge in [0.2, 0.25) is 0 Å². The Morgan fingerprint density at radius 2 is 1.94 bits per heavy atom. The number of nitrogens with zero attached hydrogens (tertiary/aromatic N) is 1. The molecule has 1 aliphatic heterocycles. The van der Waals surface area contributed by atoms with Crippen LogP contribution in [0.25, 0.3) is 21.5 Å². The molecule has 4 aromatic rings. The molecule has 0 bridgehead atoms. The lowest BCUT2D eigenvalue weighted by atomic mass is 10.0. The third kappa shape index (κ3) is 3.43. The molecule has 0 radical (unpaired) electrons. The highest BCUT2D eigenvalue weighted by Crippen LogP contribution is 2.47. The highest BCUT2D eigenvalue weighted by Gasteiger charge is 2.37. The molecule has 1 unspecified atom stereocenters. The van der Waals surface area contributed by atoms with Crippen LogP contribution < -0.4 is 20.1 Å². The SMILES string of the molecule is COc1ccc(C2NC(=O)c3sc4nc(C(F)(F)F)cc(-c5ccco5)c4c3N2)c(OC)c1C. The summed E-state index contributed by atoms with van der Waals surface area (Å²) >= 11 is 0.887. The molecule has 0 fully saturated rings. The van der Waals surface area contributed by atoms with Gasteiger partial charge < -0.3 is 24.5 Å². The molecular weight excluding hydrogens is 471 g/mol. The van der Waals surface area contributed by atoms with E-state index in [4.69, 9.17) is 13.9 Å². The van der Waals surface area contributed by atoms with Gasteiger partial charge in [-0.15, -0.1) is 11.3 Å². The lowest BCUT2D eigenvalue weighted by molar-refractivity contribution is -0.140. The van der Waals surface area contributed by atoms with Gasteiger partial charge >= 0.3 is 6.18 Å². The van der Waals surface area contributed by atoms with Gasteiger partial charge in [-0.2, -0.15) is 13.2 Å². The Labute approximate surface area is 195 Å². The number of anilines is 1. The van der Waals surface area contributed by atoms with Crippen molar-refractivity contribution >= 4 is 33.1 Å². The zero-order chi connectivity index (χ0) is 24.2. The molecule has 34 heavy (non-hydrogen) atoms. The van der Waals surface area contributed by atoms with Gasteiger partial charge in [-0.3, -0.25) is 4.79 Å². The largest absolute Gasteiger partial charge is 0.496 e. The second-order valence-electron chi connectivity index (χ2n) is 7.58. The predicted molar refractivity (Wildman–Crippen MR) is 120 cm³/mol. The number of carbonyl (C=O) groups excluding carboxylic acids is 1. The molecule has 0 aliphatic carbocycles. The summed E-state index contributed by atoms with van der Waals surface area (Å²) in [5.41, 5.74) is 0.899. The number of hydrogen-bond acceptors (Lipinski definition) is 7. The molecule has 1 aliphatic rings. The Bertz CT molecular complexity index is 1410. The van der Waals surface area contributed by atoms with Crippen molar-refractivity contribution in [3.8, 4) is 22.8 Å². The number of furan rings is 1. The highest BCUT2D eigenvalue weighted by molar-refractivity contribution is 7.21. The number of methoxy groups -OCH3 is 2. The molecule has 0 saturated carbocycles. The maximum Gasteiger partial charge on any atom is 0.433 e. The molecule has 2 N–H and O–H groups in total. The Kier molecular flexibility index (Phi) is 5.16. The first kappa shape index (κ1) is 22.1. The number of alkyl halides is 3. The summed E-state index contributed by atoms with van der Waals surface area (Å²) in [6.07, 6.45) is -3.99. The summed E-state index contributed by atoms with van der Waals surface area (Å²) in [5.74, 6) is 0.939. The van der Waals surface area contributed by atoms with Gasteiger partial charge in [-0.05, 0) is 37.3 Å². The predicted octanol–water partition coefficient (Wildman–Crippen LogP) is 5.75. The first-order valence-corrected chi connectivity index (χ1v) is 10.9. The molecule has 0 saturated heterocycles. The van der Waals surface area contributed by atoms with Gasteiger partial charge in [0.25, 0.3) is 5.91 Å². The standard InChI is InChI=1S/C23H18F3N3O4S/c1-10-13(31-2)7-6-11(18(10)32-3)20-28-17-16-12(14-5-4-8-33-14)9-15(23(24,25)26)27-22(16)34-19(17)21(30)29-20/h4-9,20,28H,1-3H3,(H,29,30). The van der Waals surface area contributed by atoms with Crippen LogP contribution in [-0.4, -0.2) is 25.1 Å². The zero-order valence-electron chi connectivity index (χ0n) is 18.2. The lowest BCUT2D eigenvalue weighted by Gasteiger charge is -2.28. The number of halogens is 3. The quantitative estimate of drug-likeness (QED) is 0.379. The normalized spacial score (nSPS) is 15.6. The summed E-state index contributed by atoms with van der Waals surface area (Å²) in [7, 11) is 3.06. The average molecular weight is 489 g/mol. The van der Waals surface area contributed by atoms with Gasteiger partial charge in [0, 0.05) is 22.1 Å². The fourth-order valence-electron chi connectivity index (χ4n) is 4.11. The number of ether oxygens (including phenoxy) is 2. The van der Waals surface area contributed by atoms with E-state index in [0.717, 1.165) is 23.0 Å². The summed E-state index contributed by atoms with van der Waals surface area (Å²) in [4.78, 5) is 17.2. The molecule has 11 heteroatoms. The summed E-state index contributed by atoms with van der Waals surface area (Å²) in [6.45, 7) is 1.83. The van der Waals surface area contributed by atoms with Crippen LogP contribution >= 0.6 is 11.3 Å². The molecule has 1 aromatic carbocycles. The van der Waals surface area contributed by atoms with Gasteiger partial charge in [-0.25, -0.2) is 4.98 Å². The van der Waals surface area contributed by atoms with E-state index < -0.39 is 23.9 Å². The number of nitrogens with one attached hydrogen (secondary N) is 2. The average Bonchev–Trinajstić information content (AvgIpc) is 3.46. The number of thiophene rings is 1. The fourth-order valence-corrected chi connectivity index (χ4v) is 5.18. The van der Waals surface area contributed by atoms with Gasteiger partial charge in [0.15, 0.2) is 0 Å².